The lowest BCUT2D eigenvalue weighted by atomic mass is 10.2. The van der Waals surface area contributed by atoms with Crippen molar-refractivity contribution >= 4 is 33.6 Å². The van der Waals surface area contributed by atoms with Gasteiger partial charge >= 0.3 is 12.0 Å². The van der Waals surface area contributed by atoms with Gasteiger partial charge in [0, 0.05) is 6.54 Å². The van der Waals surface area contributed by atoms with E-state index in [0.717, 1.165) is 0 Å². The maximum absolute atomic E-state index is 12.6. The molecule has 0 spiro atoms. The van der Waals surface area contributed by atoms with E-state index in [4.69, 9.17) is 16.3 Å². The Morgan fingerprint density at radius 3 is 2.47 bits per heavy atom. The van der Waals surface area contributed by atoms with Crippen LogP contribution in [0.4, 0.5) is 4.79 Å². The summed E-state index contributed by atoms with van der Waals surface area (Å²) in [7, 11) is -4.17. The third kappa shape index (κ3) is 5.42. The Balaban J connectivity index is 1.71. The van der Waals surface area contributed by atoms with Crippen molar-refractivity contribution in [1.82, 2.24) is 24.8 Å². The zero-order chi connectivity index (χ0) is 23.3. The molecule has 2 amide bonds. The summed E-state index contributed by atoms with van der Waals surface area (Å²) in [5.74, 6) is -0.938. The highest BCUT2D eigenvalue weighted by molar-refractivity contribution is 7.90. The summed E-state index contributed by atoms with van der Waals surface area (Å²) in [6.45, 7) is 3.71. The number of hydrogen-bond acceptors (Lipinski definition) is 7. The summed E-state index contributed by atoms with van der Waals surface area (Å²) >= 11 is 6.16. The molecule has 0 bridgehead atoms. The van der Waals surface area contributed by atoms with Crippen molar-refractivity contribution in [3.63, 3.8) is 0 Å². The normalized spacial score (nSPS) is 11.1. The summed E-state index contributed by atoms with van der Waals surface area (Å²) in [5, 5.41) is 7.01. The average molecular weight is 478 g/mol. The average Bonchev–Trinajstić information content (AvgIpc) is 3.14. The topological polar surface area (TPSA) is 132 Å². The molecule has 0 radical (unpaired) electrons. The van der Waals surface area contributed by atoms with Gasteiger partial charge < -0.3 is 10.1 Å². The fourth-order valence-corrected chi connectivity index (χ4v) is 3.87. The molecule has 0 atom stereocenters. The number of amides is 2. The van der Waals surface area contributed by atoms with Crippen LogP contribution in [0.25, 0.3) is 5.69 Å². The SMILES string of the molecule is CCOC(=O)NCc1ccc(S(=O)(=O)NC(=O)c2nc(C)n(-c3ccccc3Cl)n2)cc1. The van der Waals surface area contributed by atoms with E-state index in [1.807, 2.05) is 4.72 Å². The molecule has 1 aromatic heterocycles. The molecule has 0 saturated carbocycles. The second-order valence-electron chi connectivity index (χ2n) is 6.50. The van der Waals surface area contributed by atoms with Crippen LogP contribution in [-0.4, -0.2) is 41.8 Å². The summed E-state index contributed by atoms with van der Waals surface area (Å²) in [6.07, 6.45) is -0.574. The number of aryl methyl sites for hydroxylation is 1. The molecule has 0 aliphatic rings. The van der Waals surface area contributed by atoms with Crippen LogP contribution in [0.3, 0.4) is 0 Å². The van der Waals surface area contributed by atoms with Crippen molar-refractivity contribution in [1.29, 1.82) is 0 Å². The zero-order valence-electron chi connectivity index (χ0n) is 17.2. The van der Waals surface area contributed by atoms with Gasteiger partial charge in [0.2, 0.25) is 5.82 Å². The van der Waals surface area contributed by atoms with E-state index in [9.17, 15) is 18.0 Å². The second-order valence-corrected chi connectivity index (χ2v) is 8.59. The van der Waals surface area contributed by atoms with Crippen molar-refractivity contribution in [2.75, 3.05) is 6.61 Å². The Labute approximate surface area is 189 Å². The number of benzene rings is 2. The third-order valence-electron chi connectivity index (χ3n) is 4.23. The van der Waals surface area contributed by atoms with Crippen LogP contribution >= 0.6 is 11.6 Å². The monoisotopic (exact) mass is 477 g/mol. The molecule has 0 unspecified atom stereocenters. The minimum Gasteiger partial charge on any atom is -0.450 e. The molecule has 12 heteroatoms. The fourth-order valence-electron chi connectivity index (χ4n) is 2.71. The van der Waals surface area contributed by atoms with Crippen LogP contribution in [0.15, 0.2) is 53.4 Å². The summed E-state index contributed by atoms with van der Waals surface area (Å²) in [6, 6.07) is 12.5. The number of hydrogen-bond donors (Lipinski definition) is 2. The van der Waals surface area contributed by atoms with Crippen LogP contribution in [0.2, 0.25) is 5.02 Å². The van der Waals surface area contributed by atoms with Crippen molar-refractivity contribution in [3.8, 4) is 5.69 Å². The molecule has 32 heavy (non-hydrogen) atoms. The number of nitrogens with zero attached hydrogens (tertiary/aromatic N) is 3. The van der Waals surface area contributed by atoms with Crippen molar-refractivity contribution < 1.29 is 22.7 Å². The van der Waals surface area contributed by atoms with Gasteiger partial charge in [-0.1, -0.05) is 35.9 Å². The molecule has 168 valence electrons. The maximum atomic E-state index is 12.6. The molecule has 0 aliphatic carbocycles. The molecule has 0 aliphatic heterocycles. The molecule has 10 nitrogen and oxygen atoms in total. The van der Waals surface area contributed by atoms with Gasteiger partial charge in [0.25, 0.3) is 10.0 Å². The van der Waals surface area contributed by atoms with E-state index < -0.39 is 22.0 Å². The molecule has 2 N–H and O–H groups in total. The molecule has 2 aromatic carbocycles. The smallest absolute Gasteiger partial charge is 0.407 e. The zero-order valence-corrected chi connectivity index (χ0v) is 18.8. The van der Waals surface area contributed by atoms with Crippen molar-refractivity contribution in [2.24, 2.45) is 0 Å². The Kier molecular flexibility index (Phi) is 7.11. The first-order valence-corrected chi connectivity index (χ1v) is 11.3. The van der Waals surface area contributed by atoms with E-state index in [1.54, 1.807) is 38.1 Å². The number of nitrogens with one attached hydrogen (secondary N) is 2. The lowest BCUT2D eigenvalue weighted by Gasteiger charge is -2.08. The molecule has 3 aromatic rings. The van der Waals surface area contributed by atoms with Gasteiger partial charge in [0.15, 0.2) is 0 Å². The minimum absolute atomic E-state index is 0.131. The van der Waals surface area contributed by atoms with Crippen LogP contribution < -0.4 is 10.0 Å². The number of carbonyl (C=O) groups excluding carboxylic acids is 2. The number of carbonyl (C=O) groups is 2. The highest BCUT2D eigenvalue weighted by Crippen LogP contribution is 2.20. The highest BCUT2D eigenvalue weighted by atomic mass is 35.5. The van der Waals surface area contributed by atoms with Crippen molar-refractivity contribution in [2.45, 2.75) is 25.3 Å². The first-order chi connectivity index (χ1) is 15.2. The van der Waals surface area contributed by atoms with E-state index in [0.29, 0.717) is 22.1 Å². The first-order valence-electron chi connectivity index (χ1n) is 9.46. The maximum Gasteiger partial charge on any atom is 0.407 e. The lowest BCUT2D eigenvalue weighted by molar-refractivity contribution is 0.0971. The largest absolute Gasteiger partial charge is 0.450 e. The van der Waals surface area contributed by atoms with Gasteiger partial charge in [-0.05, 0) is 43.7 Å². The summed E-state index contributed by atoms with van der Waals surface area (Å²) in [5.41, 5.74) is 1.16. The summed E-state index contributed by atoms with van der Waals surface area (Å²) in [4.78, 5) is 27.7. The Morgan fingerprint density at radius 2 is 1.81 bits per heavy atom. The van der Waals surface area contributed by atoms with Crippen LogP contribution in [0.1, 0.15) is 28.9 Å². The van der Waals surface area contributed by atoms with Gasteiger partial charge in [0.05, 0.1) is 22.2 Å². The molecule has 1 heterocycles. The van der Waals surface area contributed by atoms with Gasteiger partial charge in [-0.2, -0.15) is 0 Å². The lowest BCUT2D eigenvalue weighted by Crippen LogP contribution is -2.31. The highest BCUT2D eigenvalue weighted by Gasteiger charge is 2.23. The van der Waals surface area contributed by atoms with E-state index in [2.05, 4.69) is 15.4 Å². The molecule has 0 fully saturated rings. The fraction of sp³-hybridized carbons (Fsp3) is 0.200. The van der Waals surface area contributed by atoms with Crippen molar-refractivity contribution in [3.05, 3.63) is 70.8 Å². The van der Waals surface area contributed by atoms with Crippen LogP contribution in [0.5, 0.6) is 0 Å². The Hall–Kier alpha value is -3.44. The Bertz CT molecular complexity index is 1240. The second kappa shape index (κ2) is 9.79. The number of alkyl carbamates (subject to hydrolysis) is 1. The number of halogens is 1. The molecule has 3 rings (SSSR count). The van der Waals surface area contributed by atoms with Crippen LogP contribution in [-0.2, 0) is 21.3 Å². The van der Waals surface area contributed by atoms with E-state index in [1.165, 1.54) is 28.9 Å². The molecular weight excluding hydrogens is 458 g/mol. The number of ether oxygens (including phenoxy) is 1. The Morgan fingerprint density at radius 1 is 1.12 bits per heavy atom. The van der Waals surface area contributed by atoms with Gasteiger partial charge in [0.1, 0.15) is 5.82 Å². The number of para-hydroxylation sites is 1. The number of sulfonamides is 1. The molecule has 0 saturated heterocycles. The van der Waals surface area contributed by atoms with Gasteiger partial charge in [-0.25, -0.2) is 27.6 Å². The minimum atomic E-state index is -4.17. The van der Waals surface area contributed by atoms with E-state index in [-0.39, 0.29) is 23.9 Å². The number of aromatic nitrogens is 3. The summed E-state index contributed by atoms with van der Waals surface area (Å²) < 4.78 is 33.2. The third-order valence-corrected chi connectivity index (χ3v) is 5.89. The van der Waals surface area contributed by atoms with E-state index >= 15 is 0 Å². The number of rotatable bonds is 7. The predicted octanol–water partition coefficient (Wildman–Crippen LogP) is 2.59. The molecular formula is C20H20ClN5O5S. The quantitative estimate of drug-likeness (QED) is 0.534. The van der Waals surface area contributed by atoms with Gasteiger partial charge in [-0.15, -0.1) is 5.10 Å². The first kappa shape index (κ1) is 23.2. The van der Waals surface area contributed by atoms with Gasteiger partial charge in [-0.3, -0.25) is 4.79 Å². The predicted molar refractivity (Wildman–Crippen MR) is 116 cm³/mol. The van der Waals surface area contributed by atoms with Crippen LogP contribution in [0, 0.1) is 6.92 Å². The standard InChI is InChI=1S/C20H20ClN5O5S/c1-3-31-20(28)22-12-14-8-10-15(11-9-14)32(29,30)25-19(27)18-23-13(2)26(24-18)17-7-5-4-6-16(17)21/h4-11H,3,12H2,1-2H3,(H,22,28)(H,25,27).